The standard InChI is InChI=1S/C12H11BrF2N2/c13-5-1-2-9-7-16-17(8-9)12-4-3-10(14)6-11(12)15/h3-4,6-8H,1-2,5H2. The third kappa shape index (κ3) is 2.91. The molecule has 2 nitrogen and oxygen atoms in total. The van der Waals surface area contributed by atoms with Gasteiger partial charge in [-0.25, -0.2) is 13.5 Å². The summed E-state index contributed by atoms with van der Waals surface area (Å²) in [6.45, 7) is 0. The number of nitrogens with zero attached hydrogens (tertiary/aromatic N) is 2. The molecule has 0 aliphatic heterocycles. The Morgan fingerprint density at radius 1 is 1.29 bits per heavy atom. The Morgan fingerprint density at radius 2 is 2.12 bits per heavy atom. The highest BCUT2D eigenvalue weighted by atomic mass is 79.9. The molecule has 2 aromatic rings. The van der Waals surface area contributed by atoms with E-state index in [9.17, 15) is 8.78 Å². The van der Waals surface area contributed by atoms with E-state index in [1.54, 1.807) is 12.4 Å². The molecule has 90 valence electrons. The van der Waals surface area contributed by atoms with E-state index in [4.69, 9.17) is 0 Å². The molecule has 0 fully saturated rings. The van der Waals surface area contributed by atoms with Crippen LogP contribution in [0.3, 0.4) is 0 Å². The summed E-state index contributed by atoms with van der Waals surface area (Å²) in [5.41, 5.74) is 1.30. The van der Waals surface area contributed by atoms with Crippen LogP contribution in [0.5, 0.6) is 0 Å². The minimum absolute atomic E-state index is 0.261. The first-order chi connectivity index (χ1) is 8.20. The Bertz CT molecular complexity index is 511. The number of hydrogen-bond acceptors (Lipinski definition) is 1. The fourth-order valence-electron chi connectivity index (χ4n) is 1.56. The lowest BCUT2D eigenvalue weighted by Crippen LogP contribution is -1.98. The van der Waals surface area contributed by atoms with Crippen LogP contribution in [0.25, 0.3) is 5.69 Å². The molecule has 0 bridgehead atoms. The van der Waals surface area contributed by atoms with Crippen LogP contribution in [0.1, 0.15) is 12.0 Å². The summed E-state index contributed by atoms with van der Waals surface area (Å²) in [7, 11) is 0. The van der Waals surface area contributed by atoms with Gasteiger partial charge in [-0.1, -0.05) is 15.9 Å². The predicted octanol–water partition coefficient (Wildman–Crippen LogP) is 3.48. The van der Waals surface area contributed by atoms with E-state index in [-0.39, 0.29) is 5.69 Å². The van der Waals surface area contributed by atoms with Gasteiger partial charge in [-0.15, -0.1) is 0 Å². The molecule has 1 heterocycles. The maximum absolute atomic E-state index is 13.5. The second-order valence-corrected chi connectivity index (χ2v) is 4.47. The van der Waals surface area contributed by atoms with Gasteiger partial charge in [0.2, 0.25) is 0 Å². The average molecular weight is 301 g/mol. The second-order valence-electron chi connectivity index (χ2n) is 3.68. The number of alkyl halides is 1. The zero-order chi connectivity index (χ0) is 12.3. The summed E-state index contributed by atoms with van der Waals surface area (Å²) in [5.74, 6) is -1.20. The van der Waals surface area contributed by atoms with Crippen molar-refractivity contribution >= 4 is 15.9 Å². The monoisotopic (exact) mass is 300 g/mol. The van der Waals surface area contributed by atoms with Crippen molar-refractivity contribution in [3.05, 3.63) is 47.8 Å². The van der Waals surface area contributed by atoms with E-state index in [0.29, 0.717) is 0 Å². The summed E-state index contributed by atoms with van der Waals surface area (Å²) < 4.78 is 27.7. The number of aryl methyl sites for hydroxylation is 1. The summed E-state index contributed by atoms with van der Waals surface area (Å²) >= 11 is 3.35. The van der Waals surface area contributed by atoms with Crippen molar-refractivity contribution in [3.63, 3.8) is 0 Å². The molecule has 0 saturated carbocycles. The lowest BCUT2D eigenvalue weighted by Gasteiger charge is -2.02. The molecule has 0 aliphatic carbocycles. The summed E-state index contributed by atoms with van der Waals surface area (Å²) in [6.07, 6.45) is 5.34. The largest absolute Gasteiger partial charge is 0.238 e. The van der Waals surface area contributed by atoms with E-state index in [1.165, 1.54) is 16.8 Å². The van der Waals surface area contributed by atoms with Crippen LogP contribution in [0.4, 0.5) is 8.78 Å². The summed E-state index contributed by atoms with van der Waals surface area (Å²) in [5, 5.41) is 4.99. The first-order valence-electron chi connectivity index (χ1n) is 5.25. The molecule has 2 rings (SSSR count). The average Bonchev–Trinajstić information content (AvgIpc) is 2.75. The van der Waals surface area contributed by atoms with Crippen LogP contribution in [0, 0.1) is 11.6 Å². The Balaban J connectivity index is 2.24. The van der Waals surface area contributed by atoms with Gasteiger partial charge < -0.3 is 0 Å². The van der Waals surface area contributed by atoms with Gasteiger partial charge in [0.25, 0.3) is 0 Å². The first-order valence-corrected chi connectivity index (χ1v) is 6.38. The minimum Gasteiger partial charge on any atom is -0.238 e. The molecule has 5 heteroatoms. The van der Waals surface area contributed by atoms with Gasteiger partial charge in [0.15, 0.2) is 5.82 Å². The zero-order valence-corrected chi connectivity index (χ0v) is 10.6. The van der Waals surface area contributed by atoms with E-state index in [1.807, 2.05) is 0 Å². The SMILES string of the molecule is Fc1ccc(-n2cc(CCCBr)cn2)c(F)c1. The molecule has 0 N–H and O–H groups in total. The van der Waals surface area contributed by atoms with Crippen molar-refractivity contribution in [1.29, 1.82) is 0 Å². The molecule has 1 aromatic heterocycles. The van der Waals surface area contributed by atoms with Crippen molar-refractivity contribution in [2.75, 3.05) is 5.33 Å². The zero-order valence-electron chi connectivity index (χ0n) is 9.04. The molecular formula is C12H11BrF2N2. The van der Waals surface area contributed by atoms with Gasteiger partial charge in [-0.3, -0.25) is 0 Å². The molecule has 0 saturated heterocycles. The fourth-order valence-corrected chi connectivity index (χ4v) is 1.84. The highest BCUT2D eigenvalue weighted by Gasteiger charge is 2.07. The van der Waals surface area contributed by atoms with Crippen molar-refractivity contribution in [2.45, 2.75) is 12.8 Å². The summed E-state index contributed by atoms with van der Waals surface area (Å²) in [4.78, 5) is 0. The topological polar surface area (TPSA) is 17.8 Å². The van der Waals surface area contributed by atoms with E-state index < -0.39 is 11.6 Å². The summed E-state index contributed by atoms with van der Waals surface area (Å²) in [6, 6.07) is 3.46. The number of halogens is 3. The lowest BCUT2D eigenvalue weighted by molar-refractivity contribution is 0.573. The van der Waals surface area contributed by atoms with Crippen molar-refractivity contribution in [1.82, 2.24) is 9.78 Å². The van der Waals surface area contributed by atoms with Gasteiger partial charge in [0.1, 0.15) is 11.5 Å². The van der Waals surface area contributed by atoms with Crippen LogP contribution < -0.4 is 0 Å². The van der Waals surface area contributed by atoms with Crippen LogP contribution in [0.2, 0.25) is 0 Å². The molecule has 0 amide bonds. The quantitative estimate of drug-likeness (QED) is 0.791. The van der Waals surface area contributed by atoms with Crippen molar-refractivity contribution in [2.24, 2.45) is 0 Å². The molecule has 1 aromatic carbocycles. The Morgan fingerprint density at radius 3 is 2.82 bits per heavy atom. The van der Waals surface area contributed by atoms with Crippen LogP contribution in [-0.4, -0.2) is 15.1 Å². The lowest BCUT2D eigenvalue weighted by atomic mass is 10.2. The maximum Gasteiger partial charge on any atom is 0.151 e. The highest BCUT2D eigenvalue weighted by molar-refractivity contribution is 9.09. The van der Waals surface area contributed by atoms with Gasteiger partial charge in [0, 0.05) is 17.6 Å². The third-order valence-electron chi connectivity index (χ3n) is 2.39. The van der Waals surface area contributed by atoms with Gasteiger partial charge in [-0.2, -0.15) is 5.10 Å². The van der Waals surface area contributed by atoms with Crippen LogP contribution in [0.15, 0.2) is 30.6 Å². The Kier molecular flexibility index (Phi) is 3.89. The maximum atomic E-state index is 13.5. The molecule has 0 unspecified atom stereocenters. The Labute approximate surface area is 106 Å². The highest BCUT2D eigenvalue weighted by Crippen LogP contribution is 2.15. The number of hydrogen-bond donors (Lipinski definition) is 0. The van der Waals surface area contributed by atoms with Crippen LogP contribution >= 0.6 is 15.9 Å². The van der Waals surface area contributed by atoms with Gasteiger partial charge in [0.05, 0.1) is 6.20 Å². The van der Waals surface area contributed by atoms with E-state index in [0.717, 1.165) is 29.8 Å². The first kappa shape index (κ1) is 12.2. The molecule has 0 aliphatic rings. The fraction of sp³-hybridized carbons (Fsp3) is 0.250. The molecule has 17 heavy (non-hydrogen) atoms. The molecule has 0 atom stereocenters. The predicted molar refractivity (Wildman–Crippen MR) is 65.6 cm³/mol. The number of aromatic nitrogens is 2. The van der Waals surface area contributed by atoms with Gasteiger partial charge in [-0.05, 0) is 30.5 Å². The van der Waals surface area contributed by atoms with Crippen LogP contribution in [-0.2, 0) is 6.42 Å². The number of rotatable bonds is 4. The molecular weight excluding hydrogens is 290 g/mol. The minimum atomic E-state index is -0.611. The number of benzene rings is 1. The molecule has 0 radical (unpaired) electrons. The van der Waals surface area contributed by atoms with Crippen molar-refractivity contribution in [3.8, 4) is 5.69 Å². The van der Waals surface area contributed by atoms with E-state index in [2.05, 4.69) is 21.0 Å². The smallest absolute Gasteiger partial charge is 0.151 e. The van der Waals surface area contributed by atoms with E-state index >= 15 is 0 Å². The Hall–Kier alpha value is -1.23. The molecule has 0 spiro atoms. The second kappa shape index (κ2) is 5.40. The normalized spacial score (nSPS) is 10.8. The third-order valence-corrected chi connectivity index (χ3v) is 2.95. The van der Waals surface area contributed by atoms with Gasteiger partial charge >= 0.3 is 0 Å². The van der Waals surface area contributed by atoms with Crippen molar-refractivity contribution < 1.29 is 8.78 Å².